The fraction of sp³-hybridized carbons (Fsp3) is 0.133. The Kier molecular flexibility index (Phi) is 4.48. The van der Waals surface area contributed by atoms with Crippen molar-refractivity contribution in [2.75, 3.05) is 0 Å². The van der Waals surface area contributed by atoms with Crippen molar-refractivity contribution in [2.24, 2.45) is 10.9 Å². The van der Waals surface area contributed by atoms with E-state index in [-0.39, 0.29) is 5.84 Å². The fourth-order valence-corrected chi connectivity index (χ4v) is 1.98. The number of aryl methyl sites for hydroxylation is 1. The van der Waals surface area contributed by atoms with Crippen molar-refractivity contribution in [2.45, 2.75) is 13.3 Å². The maximum atomic E-state index is 8.63. The molecular formula is C15H15ClN2O2. The highest BCUT2D eigenvalue weighted by Crippen LogP contribution is 2.30. The van der Waals surface area contributed by atoms with E-state index in [1.165, 1.54) is 5.56 Å². The Morgan fingerprint density at radius 2 is 2.10 bits per heavy atom. The summed E-state index contributed by atoms with van der Waals surface area (Å²) in [5.74, 6) is 1.25. The molecule has 0 aromatic heterocycles. The molecule has 5 heteroatoms. The molecule has 0 bridgehead atoms. The molecule has 0 saturated heterocycles. The Labute approximate surface area is 122 Å². The van der Waals surface area contributed by atoms with E-state index in [1.54, 1.807) is 18.2 Å². The maximum absolute atomic E-state index is 8.63. The van der Waals surface area contributed by atoms with Crippen LogP contribution in [0.15, 0.2) is 47.6 Å². The Hall–Kier alpha value is -2.20. The topological polar surface area (TPSA) is 67.8 Å². The molecule has 3 N–H and O–H groups in total. The van der Waals surface area contributed by atoms with E-state index < -0.39 is 0 Å². The molecule has 104 valence electrons. The first-order valence-corrected chi connectivity index (χ1v) is 6.56. The number of nitrogens with two attached hydrogens (primary N) is 1. The number of amidine groups is 1. The van der Waals surface area contributed by atoms with Crippen LogP contribution in [0.1, 0.15) is 18.1 Å². The summed E-state index contributed by atoms with van der Waals surface area (Å²) < 4.78 is 5.74. The van der Waals surface area contributed by atoms with Crippen molar-refractivity contribution < 1.29 is 9.94 Å². The van der Waals surface area contributed by atoms with Gasteiger partial charge in [0.2, 0.25) is 0 Å². The summed E-state index contributed by atoms with van der Waals surface area (Å²) in [5.41, 5.74) is 7.23. The highest BCUT2D eigenvalue weighted by molar-refractivity contribution is 6.32. The smallest absolute Gasteiger partial charge is 0.170 e. The zero-order chi connectivity index (χ0) is 14.5. The number of ether oxygens (including phenoxy) is 1. The fourth-order valence-electron chi connectivity index (χ4n) is 1.76. The van der Waals surface area contributed by atoms with Gasteiger partial charge in [-0.15, -0.1) is 0 Å². The molecule has 0 radical (unpaired) electrons. The third-order valence-electron chi connectivity index (χ3n) is 2.87. The van der Waals surface area contributed by atoms with Gasteiger partial charge >= 0.3 is 0 Å². The van der Waals surface area contributed by atoms with Crippen molar-refractivity contribution in [3.8, 4) is 11.5 Å². The minimum absolute atomic E-state index is 0.00595. The van der Waals surface area contributed by atoms with Crippen LogP contribution in [0.2, 0.25) is 5.02 Å². The number of oxime groups is 1. The van der Waals surface area contributed by atoms with Gasteiger partial charge in [0.1, 0.15) is 11.5 Å². The third-order valence-corrected chi connectivity index (χ3v) is 3.17. The normalized spacial score (nSPS) is 11.4. The Balaban J connectivity index is 2.25. The van der Waals surface area contributed by atoms with Crippen LogP contribution in [0.4, 0.5) is 0 Å². The summed E-state index contributed by atoms with van der Waals surface area (Å²) in [4.78, 5) is 0. The van der Waals surface area contributed by atoms with Crippen molar-refractivity contribution in [3.63, 3.8) is 0 Å². The van der Waals surface area contributed by atoms with E-state index in [0.29, 0.717) is 16.3 Å². The van der Waals surface area contributed by atoms with Crippen LogP contribution < -0.4 is 10.5 Å². The van der Waals surface area contributed by atoms with Crippen LogP contribution >= 0.6 is 11.6 Å². The number of hydrogen-bond donors (Lipinski definition) is 2. The molecule has 2 aromatic carbocycles. The van der Waals surface area contributed by atoms with Gasteiger partial charge < -0.3 is 15.7 Å². The SMILES string of the molecule is CCc1cccc(Oc2ccc(C(N)=NO)cc2Cl)c1. The van der Waals surface area contributed by atoms with E-state index in [4.69, 9.17) is 27.3 Å². The molecule has 0 atom stereocenters. The molecular weight excluding hydrogens is 276 g/mol. The number of nitrogens with zero attached hydrogens (tertiary/aromatic N) is 1. The molecule has 4 nitrogen and oxygen atoms in total. The molecule has 0 amide bonds. The van der Waals surface area contributed by atoms with Gasteiger partial charge in [-0.1, -0.05) is 35.8 Å². The lowest BCUT2D eigenvalue weighted by Gasteiger charge is -2.09. The minimum atomic E-state index is 0.00595. The largest absolute Gasteiger partial charge is 0.456 e. The molecule has 0 aliphatic heterocycles. The lowest BCUT2D eigenvalue weighted by atomic mass is 10.1. The number of hydrogen-bond acceptors (Lipinski definition) is 3. The molecule has 0 saturated carbocycles. The summed E-state index contributed by atoms with van der Waals surface area (Å²) in [5, 5.41) is 12.0. The van der Waals surface area contributed by atoms with Crippen LogP contribution in [-0.4, -0.2) is 11.0 Å². The van der Waals surface area contributed by atoms with E-state index in [1.807, 2.05) is 24.3 Å². The number of rotatable bonds is 4. The van der Waals surface area contributed by atoms with Crippen LogP contribution in [0.25, 0.3) is 0 Å². The second-order valence-corrected chi connectivity index (χ2v) is 4.64. The zero-order valence-electron chi connectivity index (χ0n) is 11.0. The second kappa shape index (κ2) is 6.30. The predicted molar refractivity (Wildman–Crippen MR) is 79.9 cm³/mol. The van der Waals surface area contributed by atoms with Crippen molar-refractivity contribution >= 4 is 17.4 Å². The van der Waals surface area contributed by atoms with Crippen molar-refractivity contribution in [1.29, 1.82) is 0 Å². The predicted octanol–water partition coefficient (Wildman–Crippen LogP) is 3.79. The first kappa shape index (κ1) is 14.2. The van der Waals surface area contributed by atoms with E-state index >= 15 is 0 Å². The van der Waals surface area contributed by atoms with Crippen LogP contribution in [0, 0.1) is 0 Å². The van der Waals surface area contributed by atoms with E-state index in [9.17, 15) is 0 Å². The summed E-state index contributed by atoms with van der Waals surface area (Å²) >= 11 is 6.14. The average Bonchev–Trinajstić information content (AvgIpc) is 2.48. The quantitative estimate of drug-likeness (QED) is 0.389. The van der Waals surface area contributed by atoms with E-state index in [0.717, 1.165) is 12.2 Å². The monoisotopic (exact) mass is 290 g/mol. The van der Waals surface area contributed by atoms with Gasteiger partial charge in [0, 0.05) is 5.56 Å². The highest BCUT2D eigenvalue weighted by atomic mass is 35.5. The van der Waals surface area contributed by atoms with Gasteiger partial charge in [-0.05, 0) is 42.3 Å². The standard InChI is InChI=1S/C15H15ClN2O2/c1-2-10-4-3-5-12(8-10)20-14-7-6-11(9-13(14)16)15(17)18-19/h3-9,19H,2H2,1H3,(H2,17,18). The van der Waals surface area contributed by atoms with Gasteiger partial charge in [0.25, 0.3) is 0 Å². The average molecular weight is 291 g/mol. The van der Waals surface area contributed by atoms with Crippen LogP contribution in [-0.2, 0) is 6.42 Å². The van der Waals surface area contributed by atoms with Crippen molar-refractivity contribution in [3.05, 3.63) is 58.6 Å². The highest BCUT2D eigenvalue weighted by Gasteiger charge is 2.07. The first-order valence-electron chi connectivity index (χ1n) is 6.18. The van der Waals surface area contributed by atoms with Gasteiger partial charge in [0.15, 0.2) is 5.84 Å². The van der Waals surface area contributed by atoms with Gasteiger partial charge in [-0.3, -0.25) is 0 Å². The third kappa shape index (κ3) is 3.22. The summed E-state index contributed by atoms with van der Waals surface area (Å²) in [6.45, 7) is 2.08. The molecule has 0 unspecified atom stereocenters. The number of halogens is 1. The molecule has 0 aliphatic rings. The summed E-state index contributed by atoms with van der Waals surface area (Å²) in [6.07, 6.45) is 0.938. The van der Waals surface area contributed by atoms with Crippen LogP contribution in [0.5, 0.6) is 11.5 Å². The first-order chi connectivity index (χ1) is 9.63. The Bertz CT molecular complexity index is 642. The lowest BCUT2D eigenvalue weighted by molar-refractivity contribution is 0.318. The van der Waals surface area contributed by atoms with E-state index in [2.05, 4.69) is 12.1 Å². The molecule has 0 heterocycles. The lowest BCUT2D eigenvalue weighted by Crippen LogP contribution is -2.12. The molecule has 0 fully saturated rings. The number of benzene rings is 2. The summed E-state index contributed by atoms with van der Waals surface area (Å²) in [7, 11) is 0. The Morgan fingerprint density at radius 1 is 1.30 bits per heavy atom. The molecule has 2 aromatic rings. The zero-order valence-corrected chi connectivity index (χ0v) is 11.8. The van der Waals surface area contributed by atoms with Gasteiger partial charge in [-0.25, -0.2) is 0 Å². The van der Waals surface area contributed by atoms with Gasteiger partial charge in [-0.2, -0.15) is 0 Å². The molecule has 0 spiro atoms. The van der Waals surface area contributed by atoms with Crippen LogP contribution in [0.3, 0.4) is 0 Å². The molecule has 2 rings (SSSR count). The summed E-state index contributed by atoms with van der Waals surface area (Å²) in [6, 6.07) is 12.8. The Morgan fingerprint density at radius 3 is 2.75 bits per heavy atom. The second-order valence-electron chi connectivity index (χ2n) is 4.23. The van der Waals surface area contributed by atoms with Gasteiger partial charge in [0.05, 0.1) is 5.02 Å². The molecule has 0 aliphatic carbocycles. The maximum Gasteiger partial charge on any atom is 0.170 e. The van der Waals surface area contributed by atoms with Crippen molar-refractivity contribution in [1.82, 2.24) is 0 Å². The molecule has 20 heavy (non-hydrogen) atoms. The minimum Gasteiger partial charge on any atom is -0.456 e.